The van der Waals surface area contributed by atoms with E-state index in [-0.39, 0.29) is 5.75 Å². The highest BCUT2D eigenvalue weighted by Gasteiger charge is 2.16. The summed E-state index contributed by atoms with van der Waals surface area (Å²) < 4.78 is 13.3. The fourth-order valence-electron chi connectivity index (χ4n) is 2.13. The average molecular weight is 254 g/mol. The van der Waals surface area contributed by atoms with Gasteiger partial charge in [0.15, 0.2) is 11.6 Å². The predicted molar refractivity (Wildman–Crippen MR) is 72.2 cm³/mol. The molecule has 18 heavy (non-hydrogen) atoms. The van der Waals surface area contributed by atoms with Gasteiger partial charge in [0, 0.05) is 24.7 Å². The first-order valence-corrected chi connectivity index (χ1v) is 6.30. The van der Waals surface area contributed by atoms with Crippen molar-refractivity contribution in [2.24, 2.45) is 0 Å². The molecule has 0 fully saturated rings. The van der Waals surface area contributed by atoms with Crippen molar-refractivity contribution in [2.75, 3.05) is 27.2 Å². The van der Waals surface area contributed by atoms with Crippen molar-refractivity contribution in [1.82, 2.24) is 9.80 Å². The summed E-state index contributed by atoms with van der Waals surface area (Å²) in [5.74, 6) is -0.781. The van der Waals surface area contributed by atoms with E-state index in [0.29, 0.717) is 18.2 Å². The van der Waals surface area contributed by atoms with E-state index in [0.717, 1.165) is 13.1 Å². The summed E-state index contributed by atoms with van der Waals surface area (Å²) >= 11 is 0. The average Bonchev–Trinajstić information content (AvgIpc) is 2.30. The Kier molecular flexibility index (Phi) is 5.56. The van der Waals surface area contributed by atoms with Gasteiger partial charge in [0.1, 0.15) is 0 Å². The van der Waals surface area contributed by atoms with Crippen LogP contribution in [-0.2, 0) is 6.54 Å². The van der Waals surface area contributed by atoms with Crippen LogP contribution in [0.15, 0.2) is 18.2 Å². The number of halogens is 1. The Hall–Kier alpha value is -1.13. The van der Waals surface area contributed by atoms with Crippen LogP contribution >= 0.6 is 0 Å². The van der Waals surface area contributed by atoms with Crippen molar-refractivity contribution in [3.05, 3.63) is 29.6 Å². The molecule has 0 spiro atoms. The molecule has 1 N–H and O–H groups in total. The molecule has 1 rings (SSSR count). The maximum atomic E-state index is 13.3. The first-order chi connectivity index (χ1) is 8.45. The summed E-state index contributed by atoms with van der Waals surface area (Å²) in [6, 6.07) is 5.03. The van der Waals surface area contributed by atoms with E-state index in [9.17, 15) is 9.50 Å². The number of likely N-dealkylation sites (N-methyl/N-ethyl adjacent to an activating group) is 2. The lowest BCUT2D eigenvalue weighted by atomic mass is 10.1. The van der Waals surface area contributed by atoms with Crippen LogP contribution in [0.1, 0.15) is 19.4 Å². The second-order valence-corrected chi connectivity index (χ2v) is 4.92. The highest BCUT2D eigenvalue weighted by molar-refractivity contribution is 5.33. The van der Waals surface area contributed by atoms with Crippen molar-refractivity contribution < 1.29 is 9.50 Å². The Labute approximate surface area is 109 Å². The summed E-state index contributed by atoms with van der Waals surface area (Å²) in [6.07, 6.45) is 0. The van der Waals surface area contributed by atoms with Crippen molar-refractivity contribution in [3.8, 4) is 5.75 Å². The molecule has 102 valence electrons. The van der Waals surface area contributed by atoms with Crippen LogP contribution in [0.25, 0.3) is 0 Å². The van der Waals surface area contributed by atoms with E-state index in [1.807, 2.05) is 14.1 Å². The van der Waals surface area contributed by atoms with Crippen LogP contribution in [0.3, 0.4) is 0 Å². The number of nitrogens with zero attached hydrogens (tertiary/aromatic N) is 2. The molecule has 0 aliphatic rings. The zero-order valence-electron chi connectivity index (χ0n) is 11.7. The molecule has 0 saturated carbocycles. The smallest absolute Gasteiger partial charge is 0.165 e. The molecule has 1 aromatic carbocycles. The van der Waals surface area contributed by atoms with Crippen molar-refractivity contribution in [3.63, 3.8) is 0 Å². The quantitative estimate of drug-likeness (QED) is 0.844. The van der Waals surface area contributed by atoms with Gasteiger partial charge in [-0.15, -0.1) is 0 Å². The monoisotopic (exact) mass is 254 g/mol. The Bertz CT molecular complexity index is 382. The van der Waals surface area contributed by atoms with Crippen LogP contribution in [-0.4, -0.2) is 48.1 Å². The molecule has 0 heterocycles. The molecule has 1 aromatic rings. The van der Waals surface area contributed by atoms with Gasteiger partial charge in [-0.1, -0.05) is 19.1 Å². The van der Waals surface area contributed by atoms with Gasteiger partial charge in [0.05, 0.1) is 0 Å². The first-order valence-electron chi connectivity index (χ1n) is 6.30. The fourth-order valence-corrected chi connectivity index (χ4v) is 2.13. The number of benzene rings is 1. The van der Waals surface area contributed by atoms with Crippen LogP contribution in [0.4, 0.5) is 4.39 Å². The Morgan fingerprint density at radius 2 is 2.00 bits per heavy atom. The number of hydrogen-bond donors (Lipinski definition) is 1. The summed E-state index contributed by atoms with van der Waals surface area (Å²) in [7, 11) is 4.06. The number of aromatic hydroxyl groups is 1. The normalized spacial score (nSPS) is 13.3. The largest absolute Gasteiger partial charge is 0.505 e. The number of phenolic OH excluding ortho intramolecular Hbond substituents is 1. The molecular weight excluding hydrogens is 231 g/mol. The lowest BCUT2D eigenvalue weighted by molar-refractivity contribution is 0.172. The van der Waals surface area contributed by atoms with E-state index < -0.39 is 5.82 Å². The van der Waals surface area contributed by atoms with Crippen LogP contribution in [0.5, 0.6) is 5.75 Å². The van der Waals surface area contributed by atoms with Gasteiger partial charge in [0.2, 0.25) is 0 Å². The third-order valence-corrected chi connectivity index (χ3v) is 3.10. The minimum Gasteiger partial charge on any atom is -0.505 e. The Balaban J connectivity index is 2.76. The maximum absolute atomic E-state index is 13.3. The molecule has 3 nitrogen and oxygen atoms in total. The van der Waals surface area contributed by atoms with Gasteiger partial charge in [-0.2, -0.15) is 0 Å². The Morgan fingerprint density at radius 1 is 1.33 bits per heavy atom. The zero-order chi connectivity index (χ0) is 13.7. The van der Waals surface area contributed by atoms with E-state index in [1.165, 1.54) is 6.07 Å². The highest BCUT2D eigenvalue weighted by Crippen LogP contribution is 2.22. The molecule has 1 atom stereocenters. The minimum absolute atomic E-state index is 0.229. The van der Waals surface area contributed by atoms with Gasteiger partial charge in [-0.05, 0) is 33.6 Å². The fraction of sp³-hybridized carbons (Fsp3) is 0.571. The molecule has 0 aliphatic carbocycles. The van der Waals surface area contributed by atoms with Gasteiger partial charge < -0.3 is 10.0 Å². The van der Waals surface area contributed by atoms with Crippen LogP contribution in [0, 0.1) is 5.82 Å². The molecule has 0 radical (unpaired) electrons. The lowest BCUT2D eigenvalue weighted by Crippen LogP contribution is -2.39. The van der Waals surface area contributed by atoms with Gasteiger partial charge >= 0.3 is 0 Å². The number of hydrogen-bond acceptors (Lipinski definition) is 3. The van der Waals surface area contributed by atoms with Gasteiger partial charge in [0.25, 0.3) is 0 Å². The van der Waals surface area contributed by atoms with E-state index in [4.69, 9.17) is 0 Å². The summed E-state index contributed by atoms with van der Waals surface area (Å²) in [4.78, 5) is 4.34. The van der Waals surface area contributed by atoms with E-state index >= 15 is 0 Å². The third-order valence-electron chi connectivity index (χ3n) is 3.10. The van der Waals surface area contributed by atoms with Crippen molar-refractivity contribution in [1.29, 1.82) is 0 Å². The van der Waals surface area contributed by atoms with Crippen LogP contribution in [0.2, 0.25) is 0 Å². The van der Waals surface area contributed by atoms with Gasteiger partial charge in [-0.3, -0.25) is 4.90 Å². The van der Waals surface area contributed by atoms with E-state index in [1.54, 1.807) is 12.1 Å². The summed E-state index contributed by atoms with van der Waals surface area (Å²) in [5.41, 5.74) is 0.641. The third kappa shape index (κ3) is 3.96. The maximum Gasteiger partial charge on any atom is 0.165 e. The summed E-state index contributed by atoms with van der Waals surface area (Å²) in [5, 5.41) is 9.69. The molecule has 0 amide bonds. The molecule has 0 bridgehead atoms. The minimum atomic E-state index is -0.552. The van der Waals surface area contributed by atoms with Crippen molar-refractivity contribution >= 4 is 0 Å². The standard InChI is InChI=1S/C14H23FN2O/c1-5-17(11(2)9-16(3)4)10-12-7-6-8-13(15)14(12)18/h6-8,11,18H,5,9-10H2,1-4H3. The van der Waals surface area contributed by atoms with E-state index in [2.05, 4.69) is 23.6 Å². The second kappa shape index (κ2) is 6.71. The second-order valence-electron chi connectivity index (χ2n) is 4.92. The Morgan fingerprint density at radius 3 is 2.56 bits per heavy atom. The van der Waals surface area contributed by atoms with Crippen molar-refractivity contribution in [2.45, 2.75) is 26.4 Å². The van der Waals surface area contributed by atoms with Gasteiger partial charge in [-0.25, -0.2) is 4.39 Å². The summed E-state index contributed by atoms with van der Waals surface area (Å²) in [6.45, 7) is 6.58. The predicted octanol–water partition coefficient (Wildman–Crippen LogP) is 2.30. The SMILES string of the molecule is CCN(Cc1cccc(F)c1O)C(C)CN(C)C. The van der Waals surface area contributed by atoms with Crippen LogP contribution < -0.4 is 0 Å². The number of para-hydroxylation sites is 1. The molecule has 0 aliphatic heterocycles. The lowest BCUT2D eigenvalue weighted by Gasteiger charge is -2.30. The highest BCUT2D eigenvalue weighted by atomic mass is 19.1. The molecule has 4 heteroatoms. The molecule has 1 unspecified atom stereocenters. The molecular formula is C14H23FN2O. The first kappa shape index (κ1) is 14.9. The molecule has 0 saturated heterocycles. The molecule has 0 aromatic heterocycles. The number of phenols is 1. The zero-order valence-corrected chi connectivity index (χ0v) is 11.7. The number of rotatable bonds is 6. The topological polar surface area (TPSA) is 26.7 Å².